The Morgan fingerprint density at radius 3 is 2.17 bits per heavy atom. The van der Waals surface area contributed by atoms with E-state index in [2.05, 4.69) is 26.1 Å². The highest BCUT2D eigenvalue weighted by Crippen LogP contribution is 2.43. The van der Waals surface area contributed by atoms with E-state index in [-0.39, 0.29) is 36.3 Å². The third-order valence-electron chi connectivity index (χ3n) is 7.51. The van der Waals surface area contributed by atoms with E-state index in [1.807, 2.05) is 0 Å². The van der Waals surface area contributed by atoms with Crippen LogP contribution in [0, 0.1) is 11.3 Å². The van der Waals surface area contributed by atoms with E-state index < -0.39 is 24.1 Å². The lowest BCUT2D eigenvalue weighted by Crippen LogP contribution is -2.50. The number of hydrogen-bond acceptors (Lipinski definition) is 6. The Morgan fingerprint density at radius 2 is 1.60 bits per heavy atom. The number of esters is 1. The lowest BCUT2D eigenvalue weighted by Gasteiger charge is -2.40. The molecule has 188 valence electrons. The fourth-order valence-corrected chi connectivity index (χ4v) is 5.31. The predicted molar refractivity (Wildman–Crippen MR) is 126 cm³/mol. The number of nitrogens with one attached hydrogen (secondary N) is 1. The molecule has 4 rings (SSSR count). The Labute approximate surface area is 205 Å². The first-order valence-corrected chi connectivity index (χ1v) is 12.3. The molecule has 1 saturated heterocycles. The first kappa shape index (κ1) is 24.9. The number of urea groups is 1. The van der Waals surface area contributed by atoms with Crippen molar-refractivity contribution in [2.75, 3.05) is 19.7 Å². The second kappa shape index (κ2) is 9.43. The average Bonchev–Trinajstić information content (AvgIpc) is 3.18. The van der Waals surface area contributed by atoms with Crippen LogP contribution in [-0.2, 0) is 14.3 Å². The summed E-state index contributed by atoms with van der Waals surface area (Å²) in [5, 5.41) is 2.83. The van der Waals surface area contributed by atoms with Crippen LogP contribution in [0.25, 0.3) is 0 Å². The van der Waals surface area contributed by atoms with Crippen molar-refractivity contribution >= 4 is 29.7 Å². The molecule has 1 saturated carbocycles. The molecule has 1 spiro atoms. The fraction of sp³-hybridized carbons (Fsp3) is 0.577. The van der Waals surface area contributed by atoms with Crippen molar-refractivity contribution in [3.63, 3.8) is 0 Å². The minimum atomic E-state index is -0.911. The molecule has 5 amide bonds. The summed E-state index contributed by atoms with van der Waals surface area (Å²) in [6, 6.07) is 6.15. The number of unbranched alkanes of at least 4 members (excludes halogenated alkanes) is 1. The van der Waals surface area contributed by atoms with Crippen LogP contribution >= 0.6 is 0 Å². The van der Waals surface area contributed by atoms with Gasteiger partial charge in [-0.1, -0.05) is 32.9 Å². The maximum atomic E-state index is 13.0. The van der Waals surface area contributed by atoms with Gasteiger partial charge in [-0.05, 0) is 62.0 Å². The summed E-state index contributed by atoms with van der Waals surface area (Å²) >= 11 is 0. The van der Waals surface area contributed by atoms with Crippen LogP contribution in [0.1, 0.15) is 80.0 Å². The van der Waals surface area contributed by atoms with Crippen LogP contribution < -0.4 is 5.32 Å². The molecule has 3 aliphatic rings. The van der Waals surface area contributed by atoms with E-state index in [9.17, 15) is 24.0 Å². The molecule has 2 fully saturated rings. The molecule has 1 aliphatic carbocycles. The molecule has 0 atom stereocenters. The molecule has 2 heterocycles. The van der Waals surface area contributed by atoms with Crippen molar-refractivity contribution in [3.05, 3.63) is 35.4 Å². The van der Waals surface area contributed by atoms with Crippen LogP contribution in [0.3, 0.4) is 0 Å². The van der Waals surface area contributed by atoms with E-state index in [1.54, 1.807) is 24.3 Å². The van der Waals surface area contributed by atoms with Gasteiger partial charge in [-0.2, -0.15) is 0 Å². The molecule has 1 aromatic carbocycles. The van der Waals surface area contributed by atoms with Crippen molar-refractivity contribution in [1.82, 2.24) is 15.1 Å². The summed E-state index contributed by atoms with van der Waals surface area (Å²) in [5.74, 6) is -1.15. The van der Waals surface area contributed by atoms with Crippen LogP contribution in [0.15, 0.2) is 24.3 Å². The van der Waals surface area contributed by atoms with Gasteiger partial charge in [0.15, 0.2) is 0 Å². The minimum Gasteiger partial charge on any atom is -0.464 e. The number of nitrogens with zero attached hydrogens (tertiary/aromatic N) is 2. The van der Waals surface area contributed by atoms with E-state index in [0.717, 1.165) is 17.7 Å². The SMILES string of the molecule is CC(C)(C)C1CCC2(CC1)NC(=O)N(CC(=O)OCCCCN1C(=O)c3ccccc3C1=O)C2=O. The van der Waals surface area contributed by atoms with Crippen molar-refractivity contribution in [2.45, 2.75) is 64.8 Å². The number of hydrogen-bond donors (Lipinski definition) is 1. The molecule has 2 aliphatic heterocycles. The minimum absolute atomic E-state index is 0.0735. The summed E-state index contributed by atoms with van der Waals surface area (Å²) in [4.78, 5) is 64.7. The van der Waals surface area contributed by atoms with Crippen LogP contribution in [-0.4, -0.2) is 64.8 Å². The van der Waals surface area contributed by atoms with Gasteiger partial charge in [-0.3, -0.25) is 29.0 Å². The summed E-state index contributed by atoms with van der Waals surface area (Å²) < 4.78 is 5.22. The maximum Gasteiger partial charge on any atom is 0.326 e. The first-order valence-electron chi connectivity index (χ1n) is 12.3. The van der Waals surface area contributed by atoms with E-state index >= 15 is 0 Å². The molecule has 1 N–H and O–H groups in total. The normalized spacial score (nSPS) is 24.3. The Kier molecular flexibility index (Phi) is 6.71. The third-order valence-corrected chi connectivity index (χ3v) is 7.51. The van der Waals surface area contributed by atoms with Gasteiger partial charge in [0.05, 0.1) is 17.7 Å². The van der Waals surface area contributed by atoms with Gasteiger partial charge in [-0.25, -0.2) is 4.79 Å². The highest BCUT2D eigenvalue weighted by Gasteiger charge is 2.53. The Bertz CT molecular complexity index is 1020. The number of fused-ring (bicyclic) bond motifs is 1. The quantitative estimate of drug-likeness (QED) is 0.276. The van der Waals surface area contributed by atoms with Gasteiger partial charge >= 0.3 is 12.0 Å². The van der Waals surface area contributed by atoms with Gasteiger partial charge in [0.25, 0.3) is 17.7 Å². The third kappa shape index (κ3) is 4.81. The van der Waals surface area contributed by atoms with Crippen molar-refractivity contribution in [1.29, 1.82) is 0 Å². The van der Waals surface area contributed by atoms with Gasteiger partial charge in [0.2, 0.25) is 0 Å². The largest absolute Gasteiger partial charge is 0.464 e. The lowest BCUT2D eigenvalue weighted by molar-refractivity contribution is -0.148. The zero-order chi connectivity index (χ0) is 25.4. The van der Waals surface area contributed by atoms with Gasteiger partial charge in [0, 0.05) is 6.54 Å². The second-order valence-electron chi connectivity index (χ2n) is 10.8. The molecule has 35 heavy (non-hydrogen) atoms. The number of carbonyl (C=O) groups excluding carboxylic acids is 5. The van der Waals surface area contributed by atoms with Crippen molar-refractivity contribution in [2.24, 2.45) is 11.3 Å². The summed E-state index contributed by atoms with van der Waals surface area (Å²) in [5.41, 5.74) is 0.0472. The molecule has 9 nitrogen and oxygen atoms in total. The number of benzene rings is 1. The van der Waals surface area contributed by atoms with Gasteiger partial charge < -0.3 is 10.1 Å². The van der Waals surface area contributed by atoms with E-state index in [0.29, 0.717) is 42.7 Å². The molecular weight excluding hydrogens is 450 g/mol. The van der Waals surface area contributed by atoms with Crippen LogP contribution in [0.4, 0.5) is 4.79 Å². The fourth-order valence-electron chi connectivity index (χ4n) is 5.31. The summed E-state index contributed by atoms with van der Waals surface area (Å²) in [6.45, 7) is 6.44. The zero-order valence-corrected chi connectivity index (χ0v) is 20.6. The topological polar surface area (TPSA) is 113 Å². The predicted octanol–water partition coefficient (Wildman–Crippen LogP) is 3.13. The lowest BCUT2D eigenvalue weighted by atomic mass is 9.67. The summed E-state index contributed by atoms with van der Waals surface area (Å²) in [6.07, 6.45) is 3.75. The number of amides is 5. The Balaban J connectivity index is 1.20. The monoisotopic (exact) mass is 483 g/mol. The number of imide groups is 2. The van der Waals surface area contributed by atoms with Gasteiger partial charge in [0.1, 0.15) is 12.1 Å². The highest BCUT2D eigenvalue weighted by molar-refractivity contribution is 6.21. The molecule has 0 bridgehead atoms. The van der Waals surface area contributed by atoms with Crippen LogP contribution in [0.5, 0.6) is 0 Å². The molecule has 0 unspecified atom stereocenters. The van der Waals surface area contributed by atoms with Crippen molar-refractivity contribution < 1.29 is 28.7 Å². The zero-order valence-electron chi connectivity index (χ0n) is 20.6. The maximum absolute atomic E-state index is 13.0. The molecule has 9 heteroatoms. The summed E-state index contributed by atoms with van der Waals surface area (Å²) in [7, 11) is 0. The average molecular weight is 484 g/mol. The molecular formula is C26H33N3O6. The molecule has 0 aromatic heterocycles. The smallest absolute Gasteiger partial charge is 0.326 e. The number of rotatable bonds is 7. The van der Waals surface area contributed by atoms with Gasteiger partial charge in [-0.15, -0.1) is 0 Å². The van der Waals surface area contributed by atoms with E-state index in [4.69, 9.17) is 4.74 Å². The van der Waals surface area contributed by atoms with E-state index in [1.165, 1.54) is 4.90 Å². The Hall–Kier alpha value is -3.23. The van der Waals surface area contributed by atoms with Crippen LogP contribution in [0.2, 0.25) is 0 Å². The standard InChI is InChI=1S/C26H33N3O6/c1-25(2,3)17-10-12-26(13-11-17)23(33)29(24(34)27-26)16-20(30)35-15-7-6-14-28-21(31)18-8-4-5-9-19(18)22(28)32/h4-5,8-9,17H,6-7,10-16H2,1-3H3,(H,27,34). The molecule has 0 radical (unpaired) electrons. The highest BCUT2D eigenvalue weighted by atomic mass is 16.5. The number of carbonyl (C=O) groups is 5. The first-order chi connectivity index (χ1) is 16.5. The second-order valence-corrected chi connectivity index (χ2v) is 10.8. The number of ether oxygens (including phenoxy) is 1. The molecule has 1 aromatic rings. The Morgan fingerprint density at radius 1 is 1.00 bits per heavy atom. The van der Waals surface area contributed by atoms with Crippen molar-refractivity contribution in [3.8, 4) is 0 Å².